The molecule has 2 spiro atoms. The quantitative estimate of drug-likeness (QED) is 0.0292. The first-order valence-electron chi connectivity index (χ1n) is 43.5. The molecule has 9 N–H and O–H groups in total. The second kappa shape index (κ2) is 29.9. The van der Waals surface area contributed by atoms with Crippen LogP contribution < -0.4 is 16.8 Å². The number of benzene rings is 6. The number of nitrogens with zero attached hydrogens (tertiary/aromatic N) is 8. The molecule has 4 saturated carbocycles. The van der Waals surface area contributed by atoms with Crippen LogP contribution in [0.15, 0.2) is 122 Å². The number of likely N-dealkylation sites (tertiary alicyclic amines) is 4. The highest BCUT2D eigenvalue weighted by atomic mass is 19.3. The summed E-state index contributed by atoms with van der Waals surface area (Å²) >= 11 is 0. The Hall–Kier alpha value is -11.1. The zero-order valence-corrected chi connectivity index (χ0v) is 70.4. The Morgan fingerprint density at radius 2 is 0.877 bits per heavy atom. The first-order valence-corrected chi connectivity index (χ1v) is 43.5. The number of carbonyl (C=O) groups is 6. The number of imidazole rings is 4. The highest BCUT2D eigenvalue weighted by Crippen LogP contribution is 2.62. The number of ether oxygens (including phenoxy) is 2. The predicted octanol–water partition coefficient (Wildman–Crippen LogP) is 16.9. The summed E-state index contributed by atoms with van der Waals surface area (Å²) in [4.78, 5) is 120. The van der Waals surface area contributed by atoms with Gasteiger partial charge in [0.15, 0.2) is 0 Å². The summed E-state index contributed by atoms with van der Waals surface area (Å²) in [6.07, 6.45) is 14.2. The molecule has 8 heterocycles. The summed E-state index contributed by atoms with van der Waals surface area (Å²) in [7, 11) is 2.61. The lowest BCUT2D eigenvalue weighted by molar-refractivity contribution is -0.150. The standard InChI is InChI=1S/C50H55F2N7O6.C45H50F2N8O2/c1-25(2)34(21-41(60)64-5)46(61)59-31-11-7-30(17-31)43(59)45-54-37-14-10-28(20-38(37)55-45)27-8-12-32-33-13-9-29(19-36(33)50(51,52)35(32)18-27)39-23-53-44(56-39)40-22-49(15-16-49)24-58(40)47(62)42(26(3)4)57-48(63)65-6;1-22(2)37(48)42(56)54-21-44(13-14-44)19-36(54)40-50-20-35(53-40)26-7-11-30-29-10-6-24(16-31(29)45(46,47)32(30)17-26)25-8-12-33-34(18-25)52-41(51-33)39-27-5-9-28(15-27)55(39)43(57)38(49)23(3)4/h8-10,12-14,18-20,23,25-26,30-31,34,40,42-43H,7,11,15-17,21-22,24H2,1-6H3,(H,53,56)(H,54,55)(H,57,63);6-8,10-12,16-18,20,22-23,27-28,36-39H,5,9,13-15,19,21,48-49H2,1-4H3,(H,50,53)(H,51,52)/t30-,31+,34-,40-,42-,43-;27-,28+,36-,37-,38-,39-/m00/s1. The molecule has 5 amide bonds. The fraction of sp³-hybridized carbons (Fsp3) is 0.474. The van der Waals surface area contributed by atoms with Gasteiger partial charge in [-0.05, 0) is 216 Å². The number of alkyl carbamates (subject to hydrolysis) is 1. The molecule has 20 rings (SSSR count). The van der Waals surface area contributed by atoms with Crippen molar-refractivity contribution in [3.05, 3.63) is 167 Å². The van der Waals surface area contributed by atoms with Crippen LogP contribution in [0.3, 0.4) is 0 Å². The van der Waals surface area contributed by atoms with Crippen molar-refractivity contribution in [1.82, 2.24) is 64.8 Å². The number of fused-ring (bicyclic) bond motifs is 12. The minimum absolute atomic E-state index is 0.0121. The first-order chi connectivity index (χ1) is 58.3. The zero-order valence-electron chi connectivity index (χ0n) is 70.4. The molecule has 4 aliphatic heterocycles. The molecule has 23 nitrogen and oxygen atoms in total. The number of piperidine rings is 2. The van der Waals surface area contributed by atoms with Crippen LogP contribution in [0.4, 0.5) is 22.4 Å². The van der Waals surface area contributed by atoms with Crippen molar-refractivity contribution in [2.24, 2.45) is 63.7 Å². The van der Waals surface area contributed by atoms with Crippen LogP contribution in [0.2, 0.25) is 0 Å². The Morgan fingerprint density at radius 3 is 1.29 bits per heavy atom. The van der Waals surface area contributed by atoms with E-state index in [2.05, 4.69) is 25.3 Å². The van der Waals surface area contributed by atoms with Gasteiger partial charge in [0.1, 0.15) is 29.3 Å². The van der Waals surface area contributed by atoms with Gasteiger partial charge in [-0.15, -0.1) is 0 Å². The molecule has 4 saturated heterocycles. The number of amides is 5. The van der Waals surface area contributed by atoms with Gasteiger partial charge >= 0.3 is 12.1 Å². The number of alkyl halides is 4. The van der Waals surface area contributed by atoms with E-state index in [4.69, 9.17) is 40.9 Å². The van der Waals surface area contributed by atoms with E-state index in [1.165, 1.54) is 20.3 Å². The van der Waals surface area contributed by atoms with Gasteiger partial charge in [-0.1, -0.05) is 116 Å². The van der Waals surface area contributed by atoms with Crippen molar-refractivity contribution < 1.29 is 55.8 Å². The van der Waals surface area contributed by atoms with E-state index in [1.807, 2.05) is 131 Å². The second-order valence-corrected chi connectivity index (χ2v) is 38.0. The Bertz CT molecular complexity index is 5890. The monoisotopic (exact) mass is 1660 g/mol. The molecule has 636 valence electrons. The SMILES string of the molecule is CC(C)[C@H](N)C(=O)N1CC2(CC2)C[C@H]1c1ncc(-c2ccc3c(c2)C(F)(F)c2cc(-c4ccc5nc([C@@H]6[C@H]7CC[C@H](C7)N6C(=O)[C@@H](N)C(C)C)[nH]c5c4)ccc2-3)[nH]1.COC(=O)C[C@H](C(=O)N1[C@@H]2CC[C@@H](C2)[C@H]1c1nc2ccc(-c3ccc4c(c3)C(F)(F)c3cc(-c5cnc([C@@H]6CC7(CC7)CN6C(=O)[C@@H](NC(=O)OC)C(C)C)[nH]5)ccc3-4)cc2[nH]1)C(C)C. The molecule has 6 aromatic carbocycles. The number of H-pyrrole nitrogens is 4. The number of hydrogen-bond donors (Lipinski definition) is 7. The molecule has 0 unspecified atom stereocenters. The van der Waals surface area contributed by atoms with Crippen molar-refractivity contribution >= 4 is 57.8 Å². The number of aromatic nitrogens is 8. The van der Waals surface area contributed by atoms with Crippen LogP contribution in [0.1, 0.15) is 209 Å². The Balaban J connectivity index is 0.000000162. The van der Waals surface area contributed by atoms with Crippen molar-refractivity contribution in [2.75, 3.05) is 27.3 Å². The van der Waals surface area contributed by atoms with Crippen molar-refractivity contribution in [1.29, 1.82) is 0 Å². The van der Waals surface area contributed by atoms with Crippen LogP contribution in [0.25, 0.3) is 89.1 Å². The third-order valence-electron chi connectivity index (χ3n) is 29.0. The maximum absolute atomic E-state index is 16.7. The maximum Gasteiger partial charge on any atom is 0.407 e. The van der Waals surface area contributed by atoms with E-state index < -0.39 is 48.0 Å². The van der Waals surface area contributed by atoms with Gasteiger partial charge in [-0.2, -0.15) is 17.6 Å². The average molecular weight is 1660 g/mol. The van der Waals surface area contributed by atoms with Crippen LogP contribution >= 0.6 is 0 Å². The molecule has 10 aliphatic rings. The summed E-state index contributed by atoms with van der Waals surface area (Å²) in [5.74, 6) is -4.67. The molecule has 4 aromatic heterocycles. The van der Waals surface area contributed by atoms with Gasteiger partial charge in [0.25, 0.3) is 11.8 Å². The maximum atomic E-state index is 16.7. The van der Waals surface area contributed by atoms with Crippen LogP contribution in [0, 0.1) is 52.3 Å². The normalized spacial score (nSPS) is 23.9. The van der Waals surface area contributed by atoms with Crippen LogP contribution in [-0.2, 0) is 45.3 Å². The molecule has 8 fully saturated rings. The average Bonchev–Trinajstić information content (AvgIpc) is 1.56. The molecule has 10 aromatic rings. The van der Waals surface area contributed by atoms with E-state index in [1.54, 1.807) is 59.8 Å². The number of hydrogen-bond acceptors (Lipinski definition) is 14. The molecular formula is C95H105F4N15O8. The fourth-order valence-electron chi connectivity index (χ4n) is 21.5. The van der Waals surface area contributed by atoms with E-state index in [0.29, 0.717) is 92.4 Å². The number of carbonyl (C=O) groups excluding carboxylic acids is 6. The number of halogens is 4. The summed E-state index contributed by atoms with van der Waals surface area (Å²) in [6.45, 7) is 16.7. The number of nitrogens with two attached hydrogens (primary N) is 2. The van der Waals surface area contributed by atoms with Gasteiger partial charge in [0, 0.05) is 58.6 Å². The Kier molecular flexibility index (Phi) is 19.8. The molecular weight excluding hydrogens is 1560 g/mol. The summed E-state index contributed by atoms with van der Waals surface area (Å²) < 4.78 is 76.1. The topological polar surface area (TPSA) is 313 Å². The molecule has 0 radical (unpaired) electrons. The van der Waals surface area contributed by atoms with Crippen molar-refractivity contribution in [3.8, 4) is 67.0 Å². The highest BCUT2D eigenvalue weighted by Gasteiger charge is 2.59. The molecule has 12 atom stereocenters. The lowest BCUT2D eigenvalue weighted by Gasteiger charge is -2.37. The largest absolute Gasteiger partial charge is 0.469 e. The van der Waals surface area contributed by atoms with Crippen LogP contribution in [0.5, 0.6) is 0 Å². The number of methoxy groups -OCH3 is 2. The highest BCUT2D eigenvalue weighted by molar-refractivity contribution is 5.92. The second-order valence-electron chi connectivity index (χ2n) is 38.0. The lowest BCUT2D eigenvalue weighted by atomic mass is 9.89. The van der Waals surface area contributed by atoms with Gasteiger partial charge in [0.05, 0.1) is 109 Å². The summed E-state index contributed by atoms with van der Waals surface area (Å²) in [5.41, 5.74) is 22.8. The van der Waals surface area contributed by atoms with Gasteiger partial charge in [-0.25, -0.2) is 24.7 Å². The van der Waals surface area contributed by atoms with E-state index in [9.17, 15) is 28.8 Å². The number of nitrogens with one attached hydrogen (secondary N) is 5. The molecule has 122 heavy (non-hydrogen) atoms. The predicted molar refractivity (Wildman–Crippen MR) is 453 cm³/mol. The lowest BCUT2D eigenvalue weighted by Crippen LogP contribution is -2.51. The third-order valence-corrected chi connectivity index (χ3v) is 29.0. The van der Waals surface area contributed by atoms with Gasteiger partial charge < -0.3 is 65.8 Å². The molecule has 6 aliphatic carbocycles. The van der Waals surface area contributed by atoms with Crippen molar-refractivity contribution in [2.45, 2.75) is 205 Å². The van der Waals surface area contributed by atoms with E-state index in [-0.39, 0.29) is 129 Å². The molecule has 4 bridgehead atoms. The van der Waals surface area contributed by atoms with E-state index in [0.717, 1.165) is 116 Å². The Labute approximate surface area is 705 Å². The third kappa shape index (κ3) is 13.6. The van der Waals surface area contributed by atoms with Crippen LogP contribution in [-0.4, -0.2) is 153 Å². The number of aromatic amines is 4. The van der Waals surface area contributed by atoms with Crippen molar-refractivity contribution in [3.63, 3.8) is 0 Å². The fourth-order valence-corrected chi connectivity index (χ4v) is 21.5. The van der Waals surface area contributed by atoms with E-state index >= 15 is 17.6 Å². The smallest absolute Gasteiger partial charge is 0.407 e. The van der Waals surface area contributed by atoms with Gasteiger partial charge in [0.2, 0.25) is 23.6 Å². The molecule has 27 heteroatoms. The summed E-state index contributed by atoms with van der Waals surface area (Å²) in [5, 5.41) is 2.70. The number of rotatable bonds is 19. The zero-order chi connectivity index (χ0) is 85.4. The minimum Gasteiger partial charge on any atom is -0.469 e. The minimum atomic E-state index is -3.28. The Morgan fingerprint density at radius 1 is 0.475 bits per heavy atom. The van der Waals surface area contributed by atoms with Gasteiger partial charge in [-0.3, -0.25) is 24.0 Å². The summed E-state index contributed by atoms with van der Waals surface area (Å²) in [6, 6.07) is 29.6. The first kappa shape index (κ1) is 80.7. The number of esters is 1.